The first-order valence-electron chi connectivity index (χ1n) is 8.91. The van der Waals surface area contributed by atoms with Crippen LogP contribution in [-0.4, -0.2) is 44.3 Å². The highest BCUT2D eigenvalue weighted by atomic mass is 32.2. The molecule has 0 saturated carbocycles. The Morgan fingerprint density at radius 2 is 1.68 bits per heavy atom. The highest BCUT2D eigenvalue weighted by Gasteiger charge is 2.23. The third-order valence-electron chi connectivity index (χ3n) is 4.08. The van der Waals surface area contributed by atoms with E-state index in [4.69, 9.17) is 4.74 Å². The molecule has 0 fully saturated rings. The van der Waals surface area contributed by atoms with Crippen LogP contribution in [-0.2, 0) is 19.6 Å². The van der Waals surface area contributed by atoms with E-state index in [9.17, 15) is 18.0 Å². The number of carbonyl (C=O) groups excluding carboxylic acids is 2. The molecule has 28 heavy (non-hydrogen) atoms. The lowest BCUT2D eigenvalue weighted by atomic mass is 10.2. The molecule has 150 valence electrons. The van der Waals surface area contributed by atoms with Crippen LogP contribution >= 0.6 is 0 Å². The van der Waals surface area contributed by atoms with E-state index in [0.29, 0.717) is 18.8 Å². The molecule has 8 heteroatoms. The highest BCUT2D eigenvalue weighted by molar-refractivity contribution is 7.89. The Balaban J connectivity index is 2.02. The monoisotopic (exact) mass is 404 g/mol. The summed E-state index contributed by atoms with van der Waals surface area (Å²) >= 11 is 0. The molecule has 0 bridgehead atoms. The molecule has 0 atom stereocenters. The van der Waals surface area contributed by atoms with Crippen LogP contribution in [0, 0.1) is 6.92 Å². The molecule has 0 spiro atoms. The van der Waals surface area contributed by atoms with Gasteiger partial charge in [0.05, 0.1) is 10.5 Å². The number of anilines is 1. The summed E-state index contributed by atoms with van der Waals surface area (Å²) in [5.74, 6) is -1.25. The van der Waals surface area contributed by atoms with Crippen molar-refractivity contribution >= 4 is 27.6 Å². The Hall–Kier alpha value is -2.71. The molecule has 2 rings (SSSR count). The van der Waals surface area contributed by atoms with Gasteiger partial charge in [0.2, 0.25) is 10.0 Å². The summed E-state index contributed by atoms with van der Waals surface area (Å²) in [6.07, 6.45) is 0. The number of nitrogens with one attached hydrogen (secondary N) is 1. The molecule has 0 aliphatic heterocycles. The number of sulfonamides is 1. The fourth-order valence-corrected chi connectivity index (χ4v) is 4.05. The van der Waals surface area contributed by atoms with Crippen LogP contribution < -0.4 is 5.32 Å². The van der Waals surface area contributed by atoms with E-state index in [1.165, 1.54) is 28.6 Å². The van der Waals surface area contributed by atoms with Gasteiger partial charge in [-0.3, -0.25) is 4.79 Å². The van der Waals surface area contributed by atoms with Gasteiger partial charge in [-0.05, 0) is 37.3 Å². The minimum Gasteiger partial charge on any atom is -0.452 e. The number of amides is 1. The number of esters is 1. The number of hydrogen-bond donors (Lipinski definition) is 1. The molecule has 0 aromatic heterocycles. The Kier molecular flexibility index (Phi) is 7.31. The van der Waals surface area contributed by atoms with Gasteiger partial charge < -0.3 is 10.1 Å². The standard InChI is InChI=1S/C20H24N2O5S/c1-4-22(5-2)28(25,26)18-8-6-7-16(13-18)20(24)27-14-19(23)21-17-11-9-15(3)10-12-17/h6-13H,4-5,14H2,1-3H3,(H,21,23). The molecule has 0 aliphatic rings. The van der Waals surface area contributed by atoms with Gasteiger partial charge in [0, 0.05) is 18.8 Å². The quantitative estimate of drug-likeness (QED) is 0.683. The maximum atomic E-state index is 12.6. The Labute approximate surface area is 165 Å². The fourth-order valence-electron chi connectivity index (χ4n) is 2.54. The zero-order valence-electron chi connectivity index (χ0n) is 16.1. The predicted molar refractivity (Wildman–Crippen MR) is 107 cm³/mol. The molecular weight excluding hydrogens is 380 g/mol. The number of ether oxygens (including phenoxy) is 1. The maximum absolute atomic E-state index is 12.6. The molecule has 0 radical (unpaired) electrons. The van der Waals surface area contributed by atoms with Gasteiger partial charge in [0.15, 0.2) is 6.61 Å². The van der Waals surface area contributed by atoms with Crippen LogP contribution in [0.2, 0.25) is 0 Å². The first kappa shape index (κ1) is 21.6. The van der Waals surface area contributed by atoms with E-state index in [1.807, 2.05) is 19.1 Å². The van der Waals surface area contributed by atoms with Crippen molar-refractivity contribution in [2.24, 2.45) is 0 Å². The van der Waals surface area contributed by atoms with Gasteiger partial charge in [-0.2, -0.15) is 4.31 Å². The predicted octanol–water partition coefficient (Wildman–Crippen LogP) is 2.82. The third kappa shape index (κ3) is 5.40. The lowest BCUT2D eigenvalue weighted by molar-refractivity contribution is -0.119. The van der Waals surface area contributed by atoms with E-state index in [0.717, 1.165) is 5.56 Å². The van der Waals surface area contributed by atoms with Gasteiger partial charge in [-0.25, -0.2) is 13.2 Å². The smallest absolute Gasteiger partial charge is 0.338 e. The number of carbonyl (C=O) groups is 2. The second-order valence-electron chi connectivity index (χ2n) is 6.11. The van der Waals surface area contributed by atoms with Crippen LogP contribution in [0.15, 0.2) is 53.4 Å². The fraction of sp³-hybridized carbons (Fsp3) is 0.300. The summed E-state index contributed by atoms with van der Waals surface area (Å²) < 4.78 is 31.4. The van der Waals surface area contributed by atoms with E-state index in [2.05, 4.69) is 5.32 Å². The van der Waals surface area contributed by atoms with Gasteiger partial charge in [0.1, 0.15) is 0 Å². The second-order valence-corrected chi connectivity index (χ2v) is 8.05. The van der Waals surface area contributed by atoms with Crippen molar-refractivity contribution in [3.63, 3.8) is 0 Å². The molecule has 1 N–H and O–H groups in total. The Morgan fingerprint density at radius 1 is 1.04 bits per heavy atom. The van der Waals surface area contributed by atoms with Crippen LogP contribution in [0.3, 0.4) is 0 Å². The Bertz CT molecular complexity index is 935. The first-order chi connectivity index (χ1) is 13.3. The largest absolute Gasteiger partial charge is 0.452 e. The first-order valence-corrected chi connectivity index (χ1v) is 10.4. The normalized spacial score (nSPS) is 11.3. The lowest BCUT2D eigenvalue weighted by Crippen LogP contribution is -2.30. The van der Waals surface area contributed by atoms with Crippen LogP contribution in [0.5, 0.6) is 0 Å². The summed E-state index contributed by atoms with van der Waals surface area (Å²) in [5, 5.41) is 2.62. The van der Waals surface area contributed by atoms with E-state index < -0.39 is 28.5 Å². The average Bonchev–Trinajstić information content (AvgIpc) is 2.68. The second kappa shape index (κ2) is 9.48. The maximum Gasteiger partial charge on any atom is 0.338 e. The number of nitrogens with zero attached hydrogens (tertiary/aromatic N) is 1. The van der Waals surface area contributed by atoms with Crippen molar-refractivity contribution in [2.45, 2.75) is 25.7 Å². The van der Waals surface area contributed by atoms with Crippen LogP contribution in [0.25, 0.3) is 0 Å². The summed E-state index contributed by atoms with van der Waals surface area (Å²) in [6, 6.07) is 12.8. The Morgan fingerprint density at radius 3 is 2.29 bits per heavy atom. The molecule has 0 heterocycles. The van der Waals surface area contributed by atoms with Crippen molar-refractivity contribution in [3.8, 4) is 0 Å². The molecule has 1 amide bonds. The number of rotatable bonds is 8. The van der Waals surface area contributed by atoms with Crippen molar-refractivity contribution in [3.05, 3.63) is 59.7 Å². The molecule has 7 nitrogen and oxygen atoms in total. The minimum atomic E-state index is -3.69. The van der Waals surface area contributed by atoms with Gasteiger partial charge in [-0.1, -0.05) is 37.6 Å². The van der Waals surface area contributed by atoms with Gasteiger partial charge in [-0.15, -0.1) is 0 Å². The molecular formula is C20H24N2O5S. The lowest BCUT2D eigenvalue weighted by Gasteiger charge is -2.18. The van der Waals surface area contributed by atoms with Crippen molar-refractivity contribution in [1.82, 2.24) is 4.31 Å². The van der Waals surface area contributed by atoms with Crippen molar-refractivity contribution in [2.75, 3.05) is 25.0 Å². The summed E-state index contributed by atoms with van der Waals surface area (Å²) in [5.41, 5.74) is 1.72. The number of benzene rings is 2. The molecule has 2 aromatic rings. The van der Waals surface area contributed by atoms with Crippen LogP contribution in [0.4, 0.5) is 5.69 Å². The third-order valence-corrected chi connectivity index (χ3v) is 6.13. The highest BCUT2D eigenvalue weighted by Crippen LogP contribution is 2.17. The summed E-state index contributed by atoms with van der Waals surface area (Å²) in [4.78, 5) is 24.2. The number of aryl methyl sites for hydroxylation is 1. The summed E-state index contributed by atoms with van der Waals surface area (Å²) in [7, 11) is -3.69. The van der Waals surface area contributed by atoms with Gasteiger partial charge >= 0.3 is 5.97 Å². The molecule has 0 aliphatic carbocycles. The van der Waals surface area contributed by atoms with Crippen LogP contribution in [0.1, 0.15) is 29.8 Å². The van der Waals surface area contributed by atoms with E-state index in [-0.39, 0.29) is 10.5 Å². The molecule has 0 unspecified atom stereocenters. The molecule has 2 aromatic carbocycles. The SMILES string of the molecule is CCN(CC)S(=O)(=O)c1cccc(C(=O)OCC(=O)Nc2ccc(C)cc2)c1. The number of hydrogen-bond acceptors (Lipinski definition) is 5. The minimum absolute atomic E-state index is 0.00903. The van der Waals surface area contributed by atoms with E-state index in [1.54, 1.807) is 26.0 Å². The molecule has 0 saturated heterocycles. The zero-order valence-corrected chi connectivity index (χ0v) is 17.0. The van der Waals surface area contributed by atoms with Gasteiger partial charge in [0.25, 0.3) is 5.91 Å². The average molecular weight is 404 g/mol. The topological polar surface area (TPSA) is 92.8 Å². The van der Waals surface area contributed by atoms with E-state index >= 15 is 0 Å². The van der Waals surface area contributed by atoms with Crippen molar-refractivity contribution in [1.29, 1.82) is 0 Å². The zero-order chi connectivity index (χ0) is 20.7. The van der Waals surface area contributed by atoms with Crippen molar-refractivity contribution < 1.29 is 22.7 Å². The summed E-state index contributed by atoms with van der Waals surface area (Å²) in [6.45, 7) is 5.60.